The van der Waals surface area contributed by atoms with E-state index in [9.17, 15) is 13.2 Å². The Hall–Kier alpha value is -2.43. The zero-order valence-electron chi connectivity index (χ0n) is 14.4. The van der Waals surface area contributed by atoms with Gasteiger partial charge in [0, 0.05) is 19.2 Å². The molecule has 2 aliphatic heterocycles. The monoisotopic (exact) mass is 393 g/mol. The average Bonchev–Trinajstić information content (AvgIpc) is 3.39. The molecule has 2 fully saturated rings. The van der Waals surface area contributed by atoms with Crippen LogP contribution in [0.3, 0.4) is 0 Å². The highest BCUT2D eigenvalue weighted by atomic mass is 32.2. The van der Waals surface area contributed by atoms with Crippen molar-refractivity contribution in [3.63, 3.8) is 0 Å². The number of fused-ring (bicyclic) bond motifs is 1. The zero-order valence-corrected chi connectivity index (χ0v) is 15.2. The van der Waals surface area contributed by atoms with Gasteiger partial charge in [-0.3, -0.25) is 4.79 Å². The van der Waals surface area contributed by atoms with Gasteiger partial charge in [-0.05, 0) is 37.0 Å². The highest BCUT2D eigenvalue weighted by Crippen LogP contribution is 2.35. The lowest BCUT2D eigenvalue weighted by atomic mass is 9.94. The number of ether oxygens (including phenoxy) is 1. The van der Waals surface area contributed by atoms with Crippen molar-refractivity contribution in [3.8, 4) is 11.5 Å². The molecule has 9 nitrogen and oxygen atoms in total. The first-order chi connectivity index (χ1) is 13.0. The van der Waals surface area contributed by atoms with Crippen LogP contribution in [0.15, 0.2) is 51.1 Å². The molecule has 0 bridgehead atoms. The molecule has 4 rings (SSSR count). The van der Waals surface area contributed by atoms with Gasteiger partial charge in [0.15, 0.2) is 5.76 Å². The molecule has 0 radical (unpaired) electrons. The zero-order chi connectivity index (χ0) is 19.0. The molecular weight excluding hydrogens is 374 g/mol. The smallest absolute Gasteiger partial charge is 0.276 e. The molecule has 0 aliphatic carbocycles. The van der Waals surface area contributed by atoms with Crippen molar-refractivity contribution >= 4 is 15.9 Å². The maximum absolute atomic E-state index is 12.9. The molecular formula is C17H19N3O6S. The summed E-state index contributed by atoms with van der Waals surface area (Å²) >= 11 is 0. The van der Waals surface area contributed by atoms with Crippen molar-refractivity contribution in [1.82, 2.24) is 14.8 Å². The Morgan fingerprint density at radius 3 is 2.93 bits per heavy atom. The summed E-state index contributed by atoms with van der Waals surface area (Å²) in [6.07, 6.45) is 3.26. The van der Waals surface area contributed by atoms with E-state index in [0.717, 1.165) is 0 Å². The molecule has 1 amide bonds. The number of sulfonamides is 1. The molecule has 4 heterocycles. The van der Waals surface area contributed by atoms with Crippen molar-refractivity contribution in [1.29, 1.82) is 0 Å². The first-order valence-corrected chi connectivity index (χ1v) is 10.0. The van der Waals surface area contributed by atoms with E-state index < -0.39 is 16.3 Å². The highest BCUT2D eigenvalue weighted by Gasteiger charge is 2.43. The fourth-order valence-corrected chi connectivity index (χ4v) is 4.87. The lowest BCUT2D eigenvalue weighted by molar-refractivity contribution is -0.120. The summed E-state index contributed by atoms with van der Waals surface area (Å²) in [7, 11) is -3.80. The second kappa shape index (κ2) is 6.95. The van der Waals surface area contributed by atoms with Crippen molar-refractivity contribution in [2.45, 2.75) is 30.3 Å². The molecule has 0 aromatic carbocycles. The number of rotatable bonds is 5. The lowest BCUT2D eigenvalue weighted by Gasteiger charge is -2.32. The molecule has 2 saturated heterocycles. The van der Waals surface area contributed by atoms with E-state index in [2.05, 4.69) is 17.1 Å². The van der Waals surface area contributed by atoms with Gasteiger partial charge < -0.3 is 19.0 Å². The summed E-state index contributed by atoms with van der Waals surface area (Å²) in [5, 5.41) is 6.14. The molecule has 10 heteroatoms. The molecule has 2 aromatic rings. The maximum Gasteiger partial charge on any atom is 0.276 e. The number of piperidine rings is 1. The van der Waals surface area contributed by atoms with E-state index in [-0.39, 0.29) is 29.6 Å². The molecule has 27 heavy (non-hydrogen) atoms. The number of nitrogens with zero attached hydrogens (tertiary/aromatic N) is 2. The van der Waals surface area contributed by atoms with Gasteiger partial charge in [-0.15, -0.1) is 0 Å². The molecule has 0 spiro atoms. The summed E-state index contributed by atoms with van der Waals surface area (Å²) in [6.45, 7) is 4.00. The van der Waals surface area contributed by atoms with Crippen molar-refractivity contribution in [2.75, 3.05) is 13.1 Å². The maximum atomic E-state index is 12.9. The Morgan fingerprint density at radius 2 is 2.19 bits per heavy atom. The quantitative estimate of drug-likeness (QED) is 0.763. The Labute approximate surface area is 156 Å². The van der Waals surface area contributed by atoms with Gasteiger partial charge in [0.2, 0.25) is 16.8 Å². The van der Waals surface area contributed by atoms with Crippen LogP contribution in [0.2, 0.25) is 0 Å². The third kappa shape index (κ3) is 3.43. The minimum atomic E-state index is -3.80. The number of carbonyl (C=O) groups excluding carboxylic acids is 1. The summed E-state index contributed by atoms with van der Waals surface area (Å²) in [5.41, 5.74) is 0. The fourth-order valence-electron chi connectivity index (χ4n) is 3.49. The summed E-state index contributed by atoms with van der Waals surface area (Å²) in [5.74, 6) is 0.548. The Bertz CT molecular complexity index is 936. The highest BCUT2D eigenvalue weighted by molar-refractivity contribution is 7.89. The van der Waals surface area contributed by atoms with Crippen LogP contribution >= 0.6 is 0 Å². The molecule has 144 valence electrons. The predicted octanol–water partition coefficient (Wildman–Crippen LogP) is 1.36. The van der Waals surface area contributed by atoms with Crippen LogP contribution in [0.4, 0.5) is 0 Å². The van der Waals surface area contributed by atoms with E-state index in [1.807, 2.05) is 0 Å². The van der Waals surface area contributed by atoms with E-state index in [1.165, 1.54) is 28.7 Å². The largest absolute Gasteiger partial charge is 0.440 e. The van der Waals surface area contributed by atoms with Crippen LogP contribution in [-0.2, 0) is 19.6 Å². The van der Waals surface area contributed by atoms with Crippen LogP contribution in [0.1, 0.15) is 12.8 Å². The standard InChI is InChI=1S/C17H19N3O6S/c1-2-15(21)19-16-9-11-6-8-20(10-14(11)24-16)27(22,23)17-4-3-12(25-17)13-5-7-18-26-13/h2-5,7,11,14,16H,1,6,8-10H2,(H,19,21). The Balaban J connectivity index is 1.46. The first kappa shape index (κ1) is 18.0. The first-order valence-electron chi connectivity index (χ1n) is 8.57. The number of hydrogen-bond donors (Lipinski definition) is 1. The van der Waals surface area contributed by atoms with Gasteiger partial charge >= 0.3 is 0 Å². The average molecular weight is 393 g/mol. The molecule has 3 atom stereocenters. The van der Waals surface area contributed by atoms with Crippen LogP contribution < -0.4 is 5.32 Å². The minimum absolute atomic E-state index is 0.151. The third-order valence-electron chi connectivity index (χ3n) is 4.86. The number of aromatic nitrogens is 1. The van der Waals surface area contributed by atoms with E-state index in [4.69, 9.17) is 13.7 Å². The predicted molar refractivity (Wildman–Crippen MR) is 92.7 cm³/mol. The Morgan fingerprint density at radius 1 is 1.33 bits per heavy atom. The van der Waals surface area contributed by atoms with Gasteiger partial charge in [0.05, 0.1) is 12.3 Å². The second-order valence-corrected chi connectivity index (χ2v) is 8.39. The van der Waals surface area contributed by atoms with E-state index >= 15 is 0 Å². The van der Waals surface area contributed by atoms with Gasteiger partial charge in [0.1, 0.15) is 6.23 Å². The molecule has 2 aliphatic rings. The number of amides is 1. The summed E-state index contributed by atoms with van der Waals surface area (Å²) < 4.78 is 43.5. The van der Waals surface area contributed by atoms with E-state index in [0.29, 0.717) is 30.9 Å². The van der Waals surface area contributed by atoms with Crippen LogP contribution in [0.25, 0.3) is 11.5 Å². The van der Waals surface area contributed by atoms with Gasteiger partial charge in [-0.2, -0.15) is 4.31 Å². The minimum Gasteiger partial charge on any atom is -0.440 e. The summed E-state index contributed by atoms with van der Waals surface area (Å²) in [4.78, 5) is 11.4. The molecule has 2 aromatic heterocycles. The number of carbonyl (C=O) groups is 1. The topological polar surface area (TPSA) is 115 Å². The summed E-state index contributed by atoms with van der Waals surface area (Å²) in [6, 6.07) is 4.53. The second-order valence-electron chi connectivity index (χ2n) is 6.52. The number of furan rings is 1. The van der Waals surface area contributed by atoms with Gasteiger partial charge in [-0.1, -0.05) is 11.7 Å². The van der Waals surface area contributed by atoms with Crippen LogP contribution in [0, 0.1) is 5.92 Å². The molecule has 1 N–H and O–H groups in total. The number of nitrogens with one attached hydrogen (secondary N) is 1. The van der Waals surface area contributed by atoms with Crippen LogP contribution in [-0.4, -0.2) is 49.2 Å². The van der Waals surface area contributed by atoms with Crippen molar-refractivity contribution in [3.05, 3.63) is 37.1 Å². The van der Waals surface area contributed by atoms with Crippen LogP contribution in [0.5, 0.6) is 0 Å². The molecule has 0 saturated carbocycles. The van der Waals surface area contributed by atoms with Crippen molar-refractivity contribution in [2.24, 2.45) is 5.92 Å². The normalized spacial score (nSPS) is 25.9. The van der Waals surface area contributed by atoms with Gasteiger partial charge in [-0.25, -0.2) is 8.42 Å². The fraction of sp³-hybridized carbons (Fsp3) is 0.412. The molecule has 3 unspecified atom stereocenters. The number of hydrogen-bond acceptors (Lipinski definition) is 7. The third-order valence-corrected chi connectivity index (χ3v) is 6.60. The van der Waals surface area contributed by atoms with E-state index in [1.54, 1.807) is 6.07 Å². The lowest BCUT2D eigenvalue weighted by Crippen LogP contribution is -2.45. The SMILES string of the molecule is C=CC(=O)NC1CC2CCN(S(=O)(=O)c3ccc(-c4ccno4)o3)CC2O1. The Kier molecular flexibility index (Phi) is 4.62. The van der Waals surface area contributed by atoms with Gasteiger partial charge in [0.25, 0.3) is 10.0 Å². The van der Waals surface area contributed by atoms with Crippen molar-refractivity contribution < 1.29 is 26.9 Å².